The van der Waals surface area contributed by atoms with Gasteiger partial charge in [0.15, 0.2) is 0 Å². The highest BCUT2D eigenvalue weighted by Gasteiger charge is 2.22. The Balaban J connectivity index is 1.95. The SMILES string of the molecule is CC(c1ccccc1Cl)N1CCN(CCN)CC1. The maximum absolute atomic E-state index is 6.26. The Labute approximate surface area is 115 Å². The van der Waals surface area contributed by atoms with Gasteiger partial charge >= 0.3 is 0 Å². The van der Waals surface area contributed by atoms with Gasteiger partial charge in [-0.3, -0.25) is 9.80 Å². The number of hydrogen-bond acceptors (Lipinski definition) is 3. The Hall–Kier alpha value is -0.610. The second-order valence-electron chi connectivity index (χ2n) is 4.86. The van der Waals surface area contributed by atoms with Gasteiger partial charge in [0, 0.05) is 50.3 Å². The molecule has 2 rings (SSSR count). The van der Waals surface area contributed by atoms with Crippen LogP contribution in [0.4, 0.5) is 0 Å². The van der Waals surface area contributed by atoms with Gasteiger partial charge in [-0.1, -0.05) is 29.8 Å². The monoisotopic (exact) mass is 267 g/mol. The van der Waals surface area contributed by atoms with Gasteiger partial charge < -0.3 is 5.73 Å². The topological polar surface area (TPSA) is 32.5 Å². The molecule has 0 aromatic heterocycles. The summed E-state index contributed by atoms with van der Waals surface area (Å²) in [6.07, 6.45) is 0. The molecule has 100 valence electrons. The summed E-state index contributed by atoms with van der Waals surface area (Å²) in [6, 6.07) is 8.52. The minimum Gasteiger partial charge on any atom is -0.329 e. The summed E-state index contributed by atoms with van der Waals surface area (Å²) in [7, 11) is 0. The molecular weight excluding hydrogens is 246 g/mol. The van der Waals surface area contributed by atoms with E-state index in [9.17, 15) is 0 Å². The molecule has 0 bridgehead atoms. The first-order valence-corrected chi connectivity index (χ1v) is 7.01. The normalized spacial score (nSPS) is 19.9. The molecule has 1 aromatic carbocycles. The van der Waals surface area contributed by atoms with Crippen molar-refractivity contribution in [1.82, 2.24) is 9.80 Å². The maximum atomic E-state index is 6.26. The lowest BCUT2D eigenvalue weighted by atomic mass is 10.1. The summed E-state index contributed by atoms with van der Waals surface area (Å²) in [5.74, 6) is 0. The van der Waals surface area contributed by atoms with Crippen LogP contribution in [0.25, 0.3) is 0 Å². The maximum Gasteiger partial charge on any atom is 0.0453 e. The molecule has 2 N–H and O–H groups in total. The Bertz CT molecular complexity index is 375. The van der Waals surface area contributed by atoms with E-state index < -0.39 is 0 Å². The molecule has 0 spiro atoms. The zero-order valence-corrected chi connectivity index (χ0v) is 11.7. The molecule has 4 heteroatoms. The van der Waals surface area contributed by atoms with E-state index in [0.29, 0.717) is 6.04 Å². The lowest BCUT2D eigenvalue weighted by Gasteiger charge is -2.38. The zero-order valence-electron chi connectivity index (χ0n) is 11.0. The van der Waals surface area contributed by atoms with Gasteiger partial charge in [0.2, 0.25) is 0 Å². The Morgan fingerprint density at radius 3 is 2.50 bits per heavy atom. The van der Waals surface area contributed by atoms with Crippen LogP contribution in [0, 0.1) is 0 Å². The third-order valence-corrected chi connectivity index (χ3v) is 4.10. The van der Waals surface area contributed by atoms with Crippen molar-refractivity contribution >= 4 is 11.6 Å². The van der Waals surface area contributed by atoms with Gasteiger partial charge in [-0.15, -0.1) is 0 Å². The van der Waals surface area contributed by atoms with Gasteiger partial charge in [0.25, 0.3) is 0 Å². The number of rotatable bonds is 4. The Kier molecular flexibility index (Phi) is 5.01. The molecule has 1 fully saturated rings. The molecule has 0 aliphatic carbocycles. The molecule has 1 aliphatic rings. The number of benzene rings is 1. The van der Waals surface area contributed by atoms with E-state index >= 15 is 0 Å². The summed E-state index contributed by atoms with van der Waals surface area (Å²) in [5.41, 5.74) is 6.82. The minimum absolute atomic E-state index is 0.388. The second-order valence-corrected chi connectivity index (χ2v) is 5.27. The third kappa shape index (κ3) is 3.23. The first-order valence-electron chi connectivity index (χ1n) is 6.63. The van der Waals surface area contributed by atoms with E-state index in [1.165, 1.54) is 5.56 Å². The Morgan fingerprint density at radius 1 is 1.22 bits per heavy atom. The molecule has 0 radical (unpaired) electrons. The summed E-state index contributed by atoms with van der Waals surface area (Å²) >= 11 is 6.26. The van der Waals surface area contributed by atoms with Crippen molar-refractivity contribution in [2.24, 2.45) is 5.73 Å². The molecule has 0 saturated carbocycles. The largest absolute Gasteiger partial charge is 0.329 e. The molecule has 3 nitrogen and oxygen atoms in total. The van der Waals surface area contributed by atoms with E-state index in [1.54, 1.807) is 0 Å². The number of nitrogens with zero attached hydrogens (tertiary/aromatic N) is 2. The van der Waals surface area contributed by atoms with Crippen LogP contribution in [0.3, 0.4) is 0 Å². The summed E-state index contributed by atoms with van der Waals surface area (Å²) in [5, 5.41) is 0.870. The second kappa shape index (κ2) is 6.53. The highest BCUT2D eigenvalue weighted by Crippen LogP contribution is 2.27. The summed E-state index contributed by atoms with van der Waals surface area (Å²) < 4.78 is 0. The van der Waals surface area contributed by atoms with Crippen LogP contribution in [0.5, 0.6) is 0 Å². The molecule has 1 saturated heterocycles. The Morgan fingerprint density at radius 2 is 1.89 bits per heavy atom. The molecule has 1 unspecified atom stereocenters. The molecular formula is C14H22ClN3. The van der Waals surface area contributed by atoms with Crippen molar-refractivity contribution in [3.8, 4) is 0 Å². The summed E-state index contributed by atoms with van der Waals surface area (Å²) in [4.78, 5) is 4.92. The quantitative estimate of drug-likeness (QED) is 0.906. The van der Waals surface area contributed by atoms with Crippen molar-refractivity contribution in [3.63, 3.8) is 0 Å². The van der Waals surface area contributed by atoms with Gasteiger partial charge in [-0.25, -0.2) is 0 Å². The standard InChI is InChI=1S/C14H22ClN3/c1-12(13-4-2-3-5-14(13)15)18-10-8-17(7-6-16)9-11-18/h2-5,12H,6-11,16H2,1H3. The van der Waals surface area contributed by atoms with Crippen LogP contribution in [0.1, 0.15) is 18.5 Å². The third-order valence-electron chi connectivity index (χ3n) is 3.76. The average Bonchev–Trinajstić information content (AvgIpc) is 2.40. The van der Waals surface area contributed by atoms with Gasteiger partial charge in [0.05, 0.1) is 0 Å². The lowest BCUT2D eigenvalue weighted by molar-refractivity contribution is 0.104. The average molecular weight is 268 g/mol. The van der Waals surface area contributed by atoms with Crippen molar-refractivity contribution in [3.05, 3.63) is 34.9 Å². The van der Waals surface area contributed by atoms with E-state index in [4.69, 9.17) is 17.3 Å². The zero-order chi connectivity index (χ0) is 13.0. The van der Waals surface area contributed by atoms with Crippen molar-refractivity contribution in [2.75, 3.05) is 39.3 Å². The first-order chi connectivity index (χ1) is 8.72. The van der Waals surface area contributed by atoms with Crippen LogP contribution in [0.15, 0.2) is 24.3 Å². The van der Waals surface area contributed by atoms with Crippen molar-refractivity contribution < 1.29 is 0 Å². The highest BCUT2D eigenvalue weighted by molar-refractivity contribution is 6.31. The smallest absolute Gasteiger partial charge is 0.0453 e. The predicted molar refractivity (Wildman–Crippen MR) is 76.9 cm³/mol. The van der Waals surface area contributed by atoms with Gasteiger partial charge in [-0.05, 0) is 18.6 Å². The van der Waals surface area contributed by atoms with Crippen molar-refractivity contribution in [1.29, 1.82) is 0 Å². The van der Waals surface area contributed by atoms with E-state index in [1.807, 2.05) is 12.1 Å². The fourth-order valence-corrected chi connectivity index (χ4v) is 2.86. The number of piperazine rings is 1. The van der Waals surface area contributed by atoms with Gasteiger partial charge in [-0.2, -0.15) is 0 Å². The predicted octanol–water partition coefficient (Wildman–Crippen LogP) is 1.98. The summed E-state index contributed by atoms with van der Waals surface area (Å²) in [6.45, 7) is 8.38. The van der Waals surface area contributed by atoms with Crippen LogP contribution < -0.4 is 5.73 Å². The van der Waals surface area contributed by atoms with Crippen LogP contribution in [-0.2, 0) is 0 Å². The molecule has 1 heterocycles. The van der Waals surface area contributed by atoms with Crippen LogP contribution in [0.2, 0.25) is 5.02 Å². The van der Waals surface area contributed by atoms with E-state index in [2.05, 4.69) is 28.9 Å². The number of nitrogens with two attached hydrogens (primary N) is 1. The highest BCUT2D eigenvalue weighted by atomic mass is 35.5. The molecule has 0 amide bonds. The lowest BCUT2D eigenvalue weighted by Crippen LogP contribution is -2.48. The number of halogens is 1. The molecule has 1 aromatic rings. The van der Waals surface area contributed by atoms with Crippen LogP contribution >= 0.6 is 11.6 Å². The number of hydrogen-bond donors (Lipinski definition) is 1. The van der Waals surface area contributed by atoms with Crippen molar-refractivity contribution in [2.45, 2.75) is 13.0 Å². The minimum atomic E-state index is 0.388. The van der Waals surface area contributed by atoms with E-state index in [0.717, 1.165) is 44.3 Å². The molecule has 1 atom stereocenters. The van der Waals surface area contributed by atoms with E-state index in [-0.39, 0.29) is 0 Å². The van der Waals surface area contributed by atoms with Crippen LogP contribution in [-0.4, -0.2) is 49.1 Å². The van der Waals surface area contributed by atoms with Gasteiger partial charge in [0.1, 0.15) is 0 Å². The molecule has 18 heavy (non-hydrogen) atoms. The fraction of sp³-hybridized carbons (Fsp3) is 0.571. The molecule has 1 aliphatic heterocycles. The fourth-order valence-electron chi connectivity index (χ4n) is 2.57. The first kappa shape index (κ1) is 13.8.